The first-order valence-corrected chi connectivity index (χ1v) is 12.7. The van der Waals surface area contributed by atoms with Crippen molar-refractivity contribution in [3.8, 4) is 0 Å². The third kappa shape index (κ3) is 5.95. The quantitative estimate of drug-likeness (QED) is 0.311. The lowest BCUT2D eigenvalue weighted by Crippen LogP contribution is -2.26. The fourth-order valence-corrected chi connectivity index (χ4v) is 4.59. The molecule has 178 valence electrons. The van der Waals surface area contributed by atoms with E-state index in [1.807, 2.05) is 0 Å². The van der Waals surface area contributed by atoms with Gasteiger partial charge in [-0.2, -0.15) is 0 Å². The molecule has 4 N–H and O–H groups in total. The lowest BCUT2D eigenvalue weighted by Gasteiger charge is -2.15. The van der Waals surface area contributed by atoms with Crippen LogP contribution in [-0.4, -0.2) is 27.7 Å². The average molecular weight is 505 g/mol. The molecule has 0 aromatic heterocycles. The number of hydrogen-bond donors (Lipinski definition) is 3. The molecule has 0 radical (unpaired) electrons. The summed E-state index contributed by atoms with van der Waals surface area (Å²) in [7, 11) is -7.90. The number of nitrogens with one attached hydrogen (secondary N) is 2. The van der Waals surface area contributed by atoms with Gasteiger partial charge >= 0.3 is 0 Å². The molecule has 0 fully saturated rings. The SMILES string of the molecule is C[C@@H](NC(=O)c1ccc(NS(=O)(=O)c2cccc([N+](=O)[O-])c2)cc1)c1ccc(S(N)(=O)=O)cc1. The van der Waals surface area contributed by atoms with Crippen LogP contribution in [-0.2, 0) is 20.0 Å². The van der Waals surface area contributed by atoms with Gasteiger partial charge in [0, 0.05) is 23.4 Å². The third-order valence-electron chi connectivity index (χ3n) is 4.79. The number of amides is 1. The van der Waals surface area contributed by atoms with Gasteiger partial charge in [0.1, 0.15) is 0 Å². The first kappa shape index (κ1) is 24.8. The number of non-ortho nitro benzene ring substituents is 1. The Morgan fingerprint density at radius 2 is 1.56 bits per heavy atom. The number of nitrogens with zero attached hydrogens (tertiary/aromatic N) is 1. The van der Waals surface area contributed by atoms with Gasteiger partial charge in [0.15, 0.2) is 0 Å². The third-order valence-corrected chi connectivity index (χ3v) is 7.10. The van der Waals surface area contributed by atoms with Crippen molar-refractivity contribution < 1.29 is 26.6 Å². The Labute approximate surface area is 195 Å². The van der Waals surface area contributed by atoms with E-state index in [2.05, 4.69) is 10.0 Å². The number of anilines is 1. The first-order chi connectivity index (χ1) is 15.9. The van der Waals surface area contributed by atoms with E-state index >= 15 is 0 Å². The topological polar surface area (TPSA) is 179 Å². The lowest BCUT2D eigenvalue weighted by atomic mass is 10.1. The molecule has 0 bridgehead atoms. The Kier molecular flexibility index (Phi) is 7.00. The molecule has 0 heterocycles. The molecule has 3 rings (SSSR count). The van der Waals surface area contributed by atoms with E-state index in [0.717, 1.165) is 6.07 Å². The number of benzene rings is 3. The Balaban J connectivity index is 1.68. The average Bonchev–Trinajstić information content (AvgIpc) is 2.79. The largest absolute Gasteiger partial charge is 0.346 e. The molecule has 0 saturated carbocycles. The molecule has 0 unspecified atom stereocenters. The van der Waals surface area contributed by atoms with Gasteiger partial charge in [-0.25, -0.2) is 22.0 Å². The van der Waals surface area contributed by atoms with Gasteiger partial charge in [0.05, 0.1) is 20.8 Å². The number of sulfonamides is 2. The second-order valence-electron chi connectivity index (χ2n) is 7.25. The molecule has 0 aliphatic carbocycles. The molecular weight excluding hydrogens is 484 g/mol. The summed E-state index contributed by atoms with van der Waals surface area (Å²) < 4.78 is 50.1. The van der Waals surface area contributed by atoms with Gasteiger partial charge < -0.3 is 5.32 Å². The molecule has 1 atom stereocenters. The molecule has 0 aliphatic rings. The van der Waals surface area contributed by atoms with Crippen LogP contribution < -0.4 is 15.2 Å². The summed E-state index contributed by atoms with van der Waals surface area (Å²) in [5.41, 5.74) is 0.714. The van der Waals surface area contributed by atoms with Gasteiger partial charge in [-0.3, -0.25) is 19.6 Å². The summed E-state index contributed by atoms with van der Waals surface area (Å²) in [6, 6.07) is 15.5. The Morgan fingerprint density at radius 3 is 2.12 bits per heavy atom. The minimum absolute atomic E-state index is 0.0436. The van der Waals surface area contributed by atoms with Crippen LogP contribution in [0.3, 0.4) is 0 Å². The van der Waals surface area contributed by atoms with Crippen molar-refractivity contribution in [2.75, 3.05) is 4.72 Å². The molecule has 11 nitrogen and oxygen atoms in total. The standard InChI is InChI=1S/C21H20N4O7S2/c1-14(15-7-11-19(12-8-15)33(22,29)30)23-21(26)16-5-9-17(10-6-16)24-34(31,32)20-4-2-3-18(13-20)25(27)28/h2-14,24H,1H3,(H,23,26)(H2,22,29,30)/t14-/m1/s1. The normalized spacial score (nSPS) is 12.5. The molecule has 0 aliphatic heterocycles. The Morgan fingerprint density at radius 1 is 0.941 bits per heavy atom. The number of primary sulfonamides is 1. The van der Waals surface area contributed by atoms with E-state index in [1.165, 1.54) is 66.7 Å². The number of hydrogen-bond acceptors (Lipinski definition) is 7. The monoisotopic (exact) mass is 504 g/mol. The Bertz CT molecular complexity index is 1440. The van der Waals surface area contributed by atoms with Crippen LogP contribution in [0, 0.1) is 10.1 Å². The van der Waals surface area contributed by atoms with Crippen molar-refractivity contribution in [3.63, 3.8) is 0 Å². The summed E-state index contributed by atoms with van der Waals surface area (Å²) in [4.78, 5) is 22.4. The van der Waals surface area contributed by atoms with Crippen molar-refractivity contribution in [2.24, 2.45) is 5.14 Å². The zero-order chi connectivity index (χ0) is 25.1. The van der Waals surface area contributed by atoms with Gasteiger partial charge in [0.2, 0.25) is 10.0 Å². The van der Waals surface area contributed by atoms with Gasteiger partial charge in [-0.15, -0.1) is 0 Å². The number of carbonyl (C=O) groups excluding carboxylic acids is 1. The van der Waals surface area contributed by atoms with Crippen molar-refractivity contribution in [1.29, 1.82) is 0 Å². The molecule has 34 heavy (non-hydrogen) atoms. The molecule has 3 aromatic rings. The van der Waals surface area contributed by atoms with Crippen LogP contribution in [0.5, 0.6) is 0 Å². The van der Waals surface area contributed by atoms with Crippen molar-refractivity contribution in [2.45, 2.75) is 22.8 Å². The molecular formula is C21H20N4O7S2. The van der Waals surface area contributed by atoms with Crippen molar-refractivity contribution in [1.82, 2.24) is 5.32 Å². The Hall–Kier alpha value is -3.81. The summed E-state index contributed by atoms with van der Waals surface area (Å²) in [5.74, 6) is -0.434. The fraction of sp³-hybridized carbons (Fsp3) is 0.0952. The van der Waals surface area contributed by atoms with Gasteiger partial charge in [-0.1, -0.05) is 18.2 Å². The number of nitro benzene ring substituents is 1. The predicted octanol–water partition coefficient (Wildman–Crippen LogP) is 2.53. The first-order valence-electron chi connectivity index (χ1n) is 9.68. The molecule has 0 saturated heterocycles. The number of nitrogens with two attached hydrogens (primary N) is 1. The highest BCUT2D eigenvalue weighted by Crippen LogP contribution is 2.21. The van der Waals surface area contributed by atoms with Crippen LogP contribution in [0.15, 0.2) is 82.6 Å². The fourth-order valence-electron chi connectivity index (χ4n) is 2.98. The highest BCUT2D eigenvalue weighted by molar-refractivity contribution is 7.92. The van der Waals surface area contributed by atoms with Crippen LogP contribution in [0.4, 0.5) is 11.4 Å². The van der Waals surface area contributed by atoms with E-state index < -0.39 is 36.9 Å². The summed E-state index contributed by atoms with van der Waals surface area (Å²) in [6.45, 7) is 1.71. The zero-order valence-corrected chi connectivity index (χ0v) is 19.3. The van der Waals surface area contributed by atoms with E-state index in [0.29, 0.717) is 5.56 Å². The molecule has 1 amide bonds. The number of rotatable bonds is 8. The van der Waals surface area contributed by atoms with Gasteiger partial charge in [0.25, 0.3) is 21.6 Å². The zero-order valence-electron chi connectivity index (χ0n) is 17.7. The maximum Gasteiger partial charge on any atom is 0.270 e. The summed E-state index contributed by atoms with van der Waals surface area (Å²) in [5, 5.41) is 18.7. The van der Waals surface area contributed by atoms with Crippen LogP contribution in [0.2, 0.25) is 0 Å². The lowest BCUT2D eigenvalue weighted by molar-refractivity contribution is -0.385. The highest BCUT2D eigenvalue weighted by atomic mass is 32.2. The molecule has 0 spiro atoms. The second kappa shape index (κ2) is 9.59. The van der Waals surface area contributed by atoms with Crippen LogP contribution in [0.25, 0.3) is 0 Å². The maximum atomic E-state index is 12.5. The summed E-state index contributed by atoms with van der Waals surface area (Å²) >= 11 is 0. The molecule has 13 heteroatoms. The van der Waals surface area contributed by atoms with Crippen LogP contribution >= 0.6 is 0 Å². The van der Waals surface area contributed by atoms with Gasteiger partial charge in [-0.05, 0) is 55.0 Å². The summed E-state index contributed by atoms with van der Waals surface area (Å²) in [6.07, 6.45) is 0. The van der Waals surface area contributed by atoms with Crippen LogP contribution in [0.1, 0.15) is 28.9 Å². The molecule has 3 aromatic carbocycles. The number of carbonyl (C=O) groups is 1. The van der Waals surface area contributed by atoms with E-state index in [4.69, 9.17) is 5.14 Å². The number of nitro groups is 1. The predicted molar refractivity (Wildman–Crippen MR) is 124 cm³/mol. The van der Waals surface area contributed by atoms with E-state index in [1.54, 1.807) is 6.92 Å². The second-order valence-corrected chi connectivity index (χ2v) is 10.5. The minimum atomic E-state index is -4.08. The van der Waals surface area contributed by atoms with E-state index in [9.17, 15) is 31.7 Å². The minimum Gasteiger partial charge on any atom is -0.346 e. The highest BCUT2D eigenvalue weighted by Gasteiger charge is 2.18. The smallest absolute Gasteiger partial charge is 0.270 e. The van der Waals surface area contributed by atoms with Crippen molar-refractivity contribution >= 4 is 37.3 Å². The van der Waals surface area contributed by atoms with E-state index in [-0.39, 0.29) is 26.7 Å². The van der Waals surface area contributed by atoms with Crippen molar-refractivity contribution in [3.05, 3.63) is 94.0 Å². The maximum absolute atomic E-state index is 12.5.